The molecule has 2 aromatic rings. The molecule has 2 rings (SSSR count). The summed E-state index contributed by atoms with van der Waals surface area (Å²) >= 11 is 2.25. The van der Waals surface area contributed by atoms with Crippen molar-refractivity contribution in [2.45, 2.75) is 25.9 Å². The Hall–Kier alpha value is -1.36. The Kier molecular flexibility index (Phi) is 4.81. The molecule has 2 nitrogen and oxygen atoms in total. The molecule has 0 aliphatic rings. The lowest BCUT2D eigenvalue weighted by Crippen LogP contribution is -2.31. The number of hydrogen-bond donors (Lipinski definition) is 0. The monoisotopic (exact) mass is 380 g/mol. The molecule has 2 aromatic carbocycles. The van der Waals surface area contributed by atoms with Gasteiger partial charge in [0.05, 0.1) is 5.41 Å². The number of esters is 1. The predicted octanol–water partition coefficient (Wildman–Crippen LogP) is 4.31. The molecule has 0 unspecified atom stereocenters. The minimum atomic E-state index is -0.643. The summed E-state index contributed by atoms with van der Waals surface area (Å²) in [5.41, 5.74) is 1.33. The van der Waals surface area contributed by atoms with Crippen molar-refractivity contribution in [2.75, 3.05) is 0 Å². The van der Waals surface area contributed by atoms with Gasteiger partial charge in [0.2, 0.25) is 0 Å². The van der Waals surface area contributed by atoms with Crippen molar-refractivity contribution in [3.63, 3.8) is 0 Å². The van der Waals surface area contributed by atoms with E-state index in [0.717, 1.165) is 14.7 Å². The summed E-state index contributed by atoms with van der Waals surface area (Å²) in [5, 5.41) is 0. The molecule has 0 atom stereocenters. The molecule has 20 heavy (non-hydrogen) atoms. The number of carbonyl (C=O) groups excluding carboxylic acids is 1. The fourth-order valence-corrected chi connectivity index (χ4v) is 2.44. The second-order valence-corrected chi connectivity index (χ2v) is 6.44. The lowest BCUT2D eigenvalue weighted by molar-refractivity contribution is -0.150. The van der Waals surface area contributed by atoms with Crippen LogP contribution in [-0.4, -0.2) is 5.97 Å². The Bertz CT molecular complexity index is 591. The number of carbonyl (C=O) groups is 1. The highest BCUT2D eigenvalue weighted by molar-refractivity contribution is 14.1. The molecule has 0 aliphatic carbocycles. The number of ether oxygens (including phenoxy) is 1. The van der Waals surface area contributed by atoms with Gasteiger partial charge in [0.15, 0.2) is 0 Å². The fraction of sp³-hybridized carbons (Fsp3) is 0.235. The third-order valence-corrected chi connectivity index (χ3v) is 3.94. The van der Waals surface area contributed by atoms with Crippen molar-refractivity contribution in [1.29, 1.82) is 0 Å². The van der Waals surface area contributed by atoms with Gasteiger partial charge in [-0.2, -0.15) is 0 Å². The van der Waals surface area contributed by atoms with Gasteiger partial charge in [-0.25, -0.2) is 0 Å². The zero-order valence-electron chi connectivity index (χ0n) is 11.6. The first kappa shape index (κ1) is 15.0. The normalized spacial score (nSPS) is 11.2. The predicted molar refractivity (Wildman–Crippen MR) is 88.4 cm³/mol. The smallest absolute Gasteiger partial charge is 0.316 e. The Balaban J connectivity index is 2.07. The summed E-state index contributed by atoms with van der Waals surface area (Å²) in [4.78, 5) is 12.3. The number of halogens is 1. The van der Waals surface area contributed by atoms with Crippen molar-refractivity contribution in [1.82, 2.24) is 0 Å². The molecule has 104 valence electrons. The van der Waals surface area contributed by atoms with Crippen LogP contribution in [0.5, 0.6) is 0 Å². The van der Waals surface area contributed by atoms with Crippen molar-refractivity contribution in [3.8, 4) is 0 Å². The van der Waals surface area contributed by atoms with E-state index in [-0.39, 0.29) is 5.97 Å². The molecular weight excluding hydrogens is 363 g/mol. The average Bonchev–Trinajstić information content (AvgIpc) is 2.45. The molecule has 0 spiro atoms. The molecule has 0 amide bonds. The highest BCUT2D eigenvalue weighted by atomic mass is 127. The van der Waals surface area contributed by atoms with Gasteiger partial charge in [0.1, 0.15) is 6.61 Å². The maximum Gasteiger partial charge on any atom is 0.316 e. The van der Waals surface area contributed by atoms with Crippen LogP contribution in [0.15, 0.2) is 54.6 Å². The summed E-state index contributed by atoms with van der Waals surface area (Å²) in [7, 11) is 0. The summed E-state index contributed by atoms with van der Waals surface area (Å²) in [6.45, 7) is 4.10. The van der Waals surface area contributed by atoms with Gasteiger partial charge >= 0.3 is 5.97 Å². The van der Waals surface area contributed by atoms with E-state index >= 15 is 0 Å². The van der Waals surface area contributed by atoms with Crippen LogP contribution in [0.1, 0.15) is 25.0 Å². The molecule has 0 bridgehead atoms. The molecule has 0 radical (unpaired) electrons. The van der Waals surface area contributed by atoms with Crippen LogP contribution in [0.3, 0.4) is 0 Å². The maximum atomic E-state index is 12.3. The molecule has 0 N–H and O–H groups in total. The summed E-state index contributed by atoms with van der Waals surface area (Å²) in [6, 6.07) is 17.7. The van der Waals surface area contributed by atoms with Crippen molar-refractivity contribution in [3.05, 3.63) is 69.3 Å². The van der Waals surface area contributed by atoms with Gasteiger partial charge in [-0.1, -0.05) is 42.5 Å². The van der Waals surface area contributed by atoms with Crippen molar-refractivity contribution in [2.24, 2.45) is 0 Å². The minimum absolute atomic E-state index is 0.205. The van der Waals surface area contributed by atoms with Crippen LogP contribution < -0.4 is 0 Å². The molecule has 0 saturated carbocycles. The minimum Gasteiger partial charge on any atom is -0.460 e. The highest BCUT2D eigenvalue weighted by Crippen LogP contribution is 2.26. The Morgan fingerprint density at radius 3 is 2.45 bits per heavy atom. The summed E-state index contributed by atoms with van der Waals surface area (Å²) in [6.07, 6.45) is 0. The molecule has 0 aromatic heterocycles. The van der Waals surface area contributed by atoms with E-state index in [9.17, 15) is 4.79 Å². The van der Waals surface area contributed by atoms with E-state index in [4.69, 9.17) is 4.74 Å². The highest BCUT2D eigenvalue weighted by Gasteiger charge is 2.31. The second-order valence-electron chi connectivity index (χ2n) is 5.20. The first-order valence-corrected chi connectivity index (χ1v) is 7.55. The van der Waals surface area contributed by atoms with Crippen LogP contribution in [0.4, 0.5) is 0 Å². The summed E-state index contributed by atoms with van der Waals surface area (Å²) in [5.74, 6) is -0.205. The second kappa shape index (κ2) is 6.39. The molecule has 3 heteroatoms. The molecule has 0 fully saturated rings. The van der Waals surface area contributed by atoms with E-state index in [1.807, 2.05) is 68.4 Å². The number of benzene rings is 2. The van der Waals surface area contributed by atoms with Crippen LogP contribution in [0, 0.1) is 3.57 Å². The van der Waals surface area contributed by atoms with Gasteiger partial charge in [0, 0.05) is 3.57 Å². The molecular formula is C17H17IO2. The average molecular weight is 380 g/mol. The first-order chi connectivity index (χ1) is 9.50. The van der Waals surface area contributed by atoms with Gasteiger partial charge in [-0.3, -0.25) is 4.79 Å². The first-order valence-electron chi connectivity index (χ1n) is 6.47. The zero-order chi connectivity index (χ0) is 14.6. The largest absolute Gasteiger partial charge is 0.460 e. The zero-order valence-corrected chi connectivity index (χ0v) is 13.8. The van der Waals surface area contributed by atoms with Gasteiger partial charge in [-0.05, 0) is 59.7 Å². The van der Waals surface area contributed by atoms with Crippen LogP contribution >= 0.6 is 22.6 Å². The molecule has 0 heterocycles. The van der Waals surface area contributed by atoms with Crippen molar-refractivity contribution >= 4 is 28.6 Å². The lowest BCUT2D eigenvalue weighted by atomic mass is 9.85. The molecule has 0 saturated heterocycles. The van der Waals surface area contributed by atoms with E-state index in [1.165, 1.54) is 0 Å². The van der Waals surface area contributed by atoms with E-state index in [0.29, 0.717) is 6.61 Å². The topological polar surface area (TPSA) is 26.3 Å². The van der Waals surface area contributed by atoms with Gasteiger partial charge in [-0.15, -0.1) is 0 Å². The number of rotatable bonds is 4. The van der Waals surface area contributed by atoms with E-state index in [2.05, 4.69) is 22.6 Å². The quantitative estimate of drug-likeness (QED) is 0.584. The Morgan fingerprint density at radius 1 is 1.10 bits per heavy atom. The summed E-state index contributed by atoms with van der Waals surface area (Å²) < 4.78 is 6.56. The van der Waals surface area contributed by atoms with Gasteiger partial charge in [0.25, 0.3) is 0 Å². The third kappa shape index (κ3) is 3.60. The Morgan fingerprint density at radius 2 is 1.80 bits per heavy atom. The van der Waals surface area contributed by atoms with Crippen molar-refractivity contribution < 1.29 is 9.53 Å². The third-order valence-electron chi connectivity index (χ3n) is 3.27. The number of hydrogen-bond acceptors (Lipinski definition) is 2. The van der Waals surface area contributed by atoms with Crippen LogP contribution in [-0.2, 0) is 21.6 Å². The van der Waals surface area contributed by atoms with Crippen LogP contribution in [0.2, 0.25) is 0 Å². The van der Waals surface area contributed by atoms with Gasteiger partial charge < -0.3 is 4.74 Å². The Labute approximate surface area is 133 Å². The molecule has 0 aliphatic heterocycles. The van der Waals surface area contributed by atoms with E-state index in [1.54, 1.807) is 0 Å². The van der Waals surface area contributed by atoms with Crippen LogP contribution in [0.25, 0.3) is 0 Å². The standard InChI is InChI=1S/C17H17IO2/c1-17(2,14-9-6-10-15(18)11-14)16(19)20-12-13-7-4-3-5-8-13/h3-11H,12H2,1-2H3. The maximum absolute atomic E-state index is 12.3. The SMILES string of the molecule is CC(C)(C(=O)OCc1ccccc1)c1cccc(I)c1. The van der Waals surface area contributed by atoms with E-state index < -0.39 is 5.41 Å². The lowest BCUT2D eigenvalue weighted by Gasteiger charge is -2.23. The fourth-order valence-electron chi connectivity index (χ4n) is 1.90.